The van der Waals surface area contributed by atoms with Crippen LogP contribution in [0.2, 0.25) is 0 Å². The topological polar surface area (TPSA) is 58.4 Å². The van der Waals surface area contributed by atoms with Gasteiger partial charge in [0, 0.05) is 24.8 Å². The highest BCUT2D eigenvalue weighted by molar-refractivity contribution is 5.76. The number of hydrogen-bond acceptors (Lipinski definition) is 2. The van der Waals surface area contributed by atoms with Crippen LogP contribution >= 0.6 is 0 Å². The van der Waals surface area contributed by atoms with Gasteiger partial charge in [-0.1, -0.05) is 25.3 Å². The van der Waals surface area contributed by atoms with E-state index in [1.54, 1.807) is 23.1 Å². The Hall–Kier alpha value is -1.55. The Kier molecular flexibility index (Phi) is 4.12. The Balaban J connectivity index is 2.38. The summed E-state index contributed by atoms with van der Waals surface area (Å²) in [5.41, 5.74) is 6.26. The number of nitrogens with zero attached hydrogens (tertiary/aromatic N) is 1. The summed E-state index contributed by atoms with van der Waals surface area (Å²) >= 11 is 0. The summed E-state index contributed by atoms with van der Waals surface area (Å²) in [5, 5.41) is 2.68. The SMILES string of the molecule is C=C/C=C\C(=C)NC(=O)N1CCC(N)C1. The van der Waals surface area contributed by atoms with Gasteiger partial charge in [-0.25, -0.2) is 4.79 Å². The second kappa shape index (κ2) is 5.36. The maximum absolute atomic E-state index is 11.6. The number of likely N-dealkylation sites (tertiary alicyclic amines) is 1. The van der Waals surface area contributed by atoms with Gasteiger partial charge in [0.2, 0.25) is 0 Å². The number of carbonyl (C=O) groups excluding carboxylic acids is 1. The molecule has 1 saturated heterocycles. The molecule has 15 heavy (non-hydrogen) atoms. The zero-order chi connectivity index (χ0) is 11.3. The molecule has 3 N–H and O–H groups in total. The smallest absolute Gasteiger partial charge is 0.321 e. The lowest BCUT2D eigenvalue weighted by molar-refractivity contribution is 0.211. The summed E-state index contributed by atoms with van der Waals surface area (Å²) in [6, 6.07) is -0.0330. The number of nitrogens with one attached hydrogen (secondary N) is 1. The van der Waals surface area contributed by atoms with Crippen molar-refractivity contribution in [1.82, 2.24) is 10.2 Å². The first-order chi connectivity index (χ1) is 7.13. The van der Waals surface area contributed by atoms with Crippen LogP contribution in [0.5, 0.6) is 0 Å². The van der Waals surface area contributed by atoms with E-state index < -0.39 is 0 Å². The molecule has 0 spiro atoms. The Morgan fingerprint density at radius 3 is 2.87 bits per heavy atom. The van der Waals surface area contributed by atoms with Crippen LogP contribution in [-0.4, -0.2) is 30.1 Å². The van der Waals surface area contributed by atoms with Crippen LogP contribution in [0.1, 0.15) is 6.42 Å². The average Bonchev–Trinajstić information content (AvgIpc) is 2.61. The van der Waals surface area contributed by atoms with Gasteiger partial charge in [-0.05, 0) is 12.5 Å². The Morgan fingerprint density at radius 2 is 2.33 bits per heavy atom. The number of allylic oxidation sites excluding steroid dienone is 3. The van der Waals surface area contributed by atoms with Gasteiger partial charge in [-0.3, -0.25) is 0 Å². The largest absolute Gasteiger partial charge is 0.326 e. The van der Waals surface area contributed by atoms with Crippen LogP contribution in [0.4, 0.5) is 4.79 Å². The molecule has 1 aliphatic heterocycles. The maximum atomic E-state index is 11.6. The zero-order valence-electron chi connectivity index (χ0n) is 8.78. The molecular weight excluding hydrogens is 190 g/mol. The second-order valence-electron chi connectivity index (χ2n) is 3.54. The molecule has 0 aromatic heterocycles. The first-order valence-electron chi connectivity index (χ1n) is 4.93. The van der Waals surface area contributed by atoms with Gasteiger partial charge < -0.3 is 16.0 Å². The van der Waals surface area contributed by atoms with Crippen molar-refractivity contribution >= 4 is 6.03 Å². The molecule has 0 aliphatic carbocycles. The molecule has 0 saturated carbocycles. The van der Waals surface area contributed by atoms with Gasteiger partial charge in [0.05, 0.1) is 0 Å². The summed E-state index contributed by atoms with van der Waals surface area (Å²) in [6.45, 7) is 8.56. The van der Waals surface area contributed by atoms with Crippen LogP contribution in [0, 0.1) is 0 Å². The third-order valence-electron chi connectivity index (χ3n) is 2.21. The molecule has 1 fully saturated rings. The van der Waals surface area contributed by atoms with Crippen molar-refractivity contribution in [3.63, 3.8) is 0 Å². The Morgan fingerprint density at radius 1 is 1.60 bits per heavy atom. The van der Waals surface area contributed by atoms with Crippen LogP contribution in [-0.2, 0) is 0 Å². The van der Waals surface area contributed by atoms with E-state index in [4.69, 9.17) is 5.73 Å². The summed E-state index contributed by atoms with van der Waals surface area (Å²) in [5.74, 6) is 0. The summed E-state index contributed by atoms with van der Waals surface area (Å²) in [4.78, 5) is 13.3. The minimum absolute atomic E-state index is 0.104. The average molecular weight is 207 g/mol. The van der Waals surface area contributed by atoms with Gasteiger partial charge >= 0.3 is 6.03 Å². The van der Waals surface area contributed by atoms with Crippen molar-refractivity contribution in [2.45, 2.75) is 12.5 Å². The Bertz CT molecular complexity index is 296. The first-order valence-corrected chi connectivity index (χ1v) is 4.93. The van der Waals surface area contributed by atoms with Gasteiger partial charge in [-0.2, -0.15) is 0 Å². The molecule has 0 radical (unpaired) electrons. The molecule has 1 aliphatic rings. The highest BCUT2D eigenvalue weighted by Gasteiger charge is 2.23. The van der Waals surface area contributed by atoms with E-state index >= 15 is 0 Å². The molecule has 4 nitrogen and oxygen atoms in total. The van der Waals surface area contributed by atoms with E-state index in [0.29, 0.717) is 18.8 Å². The summed E-state index contributed by atoms with van der Waals surface area (Å²) < 4.78 is 0. The van der Waals surface area contributed by atoms with Crippen molar-refractivity contribution in [3.05, 3.63) is 37.1 Å². The molecule has 82 valence electrons. The predicted molar refractivity (Wildman–Crippen MR) is 61.2 cm³/mol. The fourth-order valence-corrected chi connectivity index (χ4v) is 1.41. The second-order valence-corrected chi connectivity index (χ2v) is 3.54. The van der Waals surface area contributed by atoms with E-state index in [9.17, 15) is 4.79 Å². The van der Waals surface area contributed by atoms with E-state index in [2.05, 4.69) is 18.5 Å². The van der Waals surface area contributed by atoms with Crippen molar-refractivity contribution in [1.29, 1.82) is 0 Å². The molecule has 0 aromatic carbocycles. The number of nitrogens with two attached hydrogens (primary N) is 1. The lowest BCUT2D eigenvalue weighted by atomic mass is 10.3. The number of rotatable bonds is 3. The highest BCUT2D eigenvalue weighted by Crippen LogP contribution is 2.07. The number of urea groups is 1. The lowest BCUT2D eigenvalue weighted by Crippen LogP contribution is -2.38. The van der Waals surface area contributed by atoms with E-state index in [1.165, 1.54) is 0 Å². The van der Waals surface area contributed by atoms with Crippen molar-refractivity contribution in [3.8, 4) is 0 Å². The van der Waals surface area contributed by atoms with Crippen LogP contribution in [0.15, 0.2) is 37.1 Å². The van der Waals surface area contributed by atoms with Crippen LogP contribution in [0.25, 0.3) is 0 Å². The fraction of sp³-hybridized carbons (Fsp3) is 0.364. The summed E-state index contributed by atoms with van der Waals surface area (Å²) in [7, 11) is 0. The van der Waals surface area contributed by atoms with Gasteiger partial charge in [0.25, 0.3) is 0 Å². The van der Waals surface area contributed by atoms with Crippen molar-refractivity contribution < 1.29 is 4.79 Å². The zero-order valence-corrected chi connectivity index (χ0v) is 8.78. The third-order valence-corrected chi connectivity index (χ3v) is 2.21. The predicted octanol–water partition coefficient (Wildman–Crippen LogP) is 0.985. The van der Waals surface area contributed by atoms with Crippen molar-refractivity contribution in [2.24, 2.45) is 5.73 Å². The molecule has 2 amide bonds. The van der Waals surface area contributed by atoms with Gasteiger partial charge in [0.15, 0.2) is 0 Å². The normalized spacial score (nSPS) is 20.6. The molecule has 1 unspecified atom stereocenters. The molecule has 0 aromatic rings. The van der Waals surface area contributed by atoms with Crippen LogP contribution in [0.3, 0.4) is 0 Å². The van der Waals surface area contributed by atoms with Crippen molar-refractivity contribution in [2.75, 3.05) is 13.1 Å². The minimum Gasteiger partial charge on any atom is -0.326 e. The molecule has 1 atom stereocenters. The molecule has 1 rings (SSSR count). The quantitative estimate of drug-likeness (QED) is 0.678. The summed E-state index contributed by atoms with van der Waals surface area (Å²) in [6.07, 6.45) is 5.91. The van der Waals surface area contributed by atoms with E-state index in [0.717, 1.165) is 6.42 Å². The molecule has 1 heterocycles. The maximum Gasteiger partial charge on any atom is 0.321 e. The fourth-order valence-electron chi connectivity index (χ4n) is 1.41. The monoisotopic (exact) mass is 207 g/mol. The highest BCUT2D eigenvalue weighted by atomic mass is 16.2. The first kappa shape index (κ1) is 11.5. The standard InChI is InChI=1S/C11H17N3O/c1-3-4-5-9(2)13-11(15)14-7-6-10(12)8-14/h3-5,10H,1-2,6-8,12H2,(H,13,15)/b5-4-. The van der Waals surface area contributed by atoms with Crippen LogP contribution < -0.4 is 11.1 Å². The number of amides is 2. The molecular formula is C11H17N3O. The van der Waals surface area contributed by atoms with E-state index in [-0.39, 0.29) is 12.1 Å². The van der Waals surface area contributed by atoms with E-state index in [1.807, 2.05) is 0 Å². The molecule has 4 heteroatoms. The minimum atomic E-state index is -0.137. The lowest BCUT2D eigenvalue weighted by Gasteiger charge is -2.16. The van der Waals surface area contributed by atoms with Gasteiger partial charge in [0.1, 0.15) is 0 Å². The number of hydrogen-bond donors (Lipinski definition) is 2. The number of carbonyl (C=O) groups is 1. The third kappa shape index (κ3) is 3.59. The Labute approximate surface area is 90.1 Å². The van der Waals surface area contributed by atoms with Gasteiger partial charge in [-0.15, -0.1) is 0 Å². The molecule has 0 bridgehead atoms.